The summed E-state index contributed by atoms with van der Waals surface area (Å²) in [4.78, 5) is 0. The maximum atomic E-state index is 12.5. The van der Waals surface area contributed by atoms with Gasteiger partial charge in [0.05, 0.1) is 11.6 Å². The highest BCUT2D eigenvalue weighted by Gasteiger charge is 2.29. The first kappa shape index (κ1) is 18.3. The topological polar surface area (TPSA) is 24.1 Å². The van der Waals surface area contributed by atoms with Crippen LogP contribution < -0.4 is 10.6 Å². The van der Waals surface area contributed by atoms with E-state index in [1.54, 1.807) is 0 Å². The summed E-state index contributed by atoms with van der Waals surface area (Å²) in [6.45, 7) is 6.07. The van der Waals surface area contributed by atoms with E-state index in [1.165, 1.54) is 23.3 Å². The minimum Gasteiger partial charge on any atom is -0.356 e. The third-order valence-electron chi connectivity index (χ3n) is 3.85. The molecule has 2 rings (SSSR count). The van der Waals surface area contributed by atoms with Crippen LogP contribution in [0.2, 0.25) is 0 Å². The van der Waals surface area contributed by atoms with Gasteiger partial charge >= 0.3 is 6.18 Å². The van der Waals surface area contributed by atoms with Crippen molar-refractivity contribution >= 4 is 23.0 Å². The molecule has 0 aliphatic heterocycles. The number of halogens is 3. The van der Waals surface area contributed by atoms with Gasteiger partial charge in [-0.05, 0) is 73.9 Å². The molecular weight excluding hydrogens is 333 g/mol. The summed E-state index contributed by atoms with van der Waals surface area (Å²) in [7, 11) is 0. The smallest absolute Gasteiger partial charge is 0.356 e. The zero-order valence-electron chi connectivity index (χ0n) is 13.7. The molecule has 2 N–H and O–H groups in total. The van der Waals surface area contributed by atoms with E-state index in [4.69, 9.17) is 12.2 Å². The van der Waals surface area contributed by atoms with Crippen LogP contribution in [-0.4, -0.2) is 5.11 Å². The number of thiocarbonyl (C=S) groups is 1. The van der Waals surface area contributed by atoms with Gasteiger partial charge in [0.2, 0.25) is 0 Å². The lowest BCUT2D eigenvalue weighted by atomic mass is 10.0. The van der Waals surface area contributed by atoms with Crippen molar-refractivity contribution in [2.75, 3.05) is 5.32 Å². The van der Waals surface area contributed by atoms with Gasteiger partial charge in [0.25, 0.3) is 0 Å². The summed E-state index contributed by atoms with van der Waals surface area (Å²) in [5.74, 6) is 0. The average molecular weight is 352 g/mol. The zero-order chi connectivity index (χ0) is 17.9. The van der Waals surface area contributed by atoms with E-state index >= 15 is 0 Å². The molecule has 0 aromatic heterocycles. The molecule has 2 aromatic carbocycles. The molecule has 24 heavy (non-hydrogen) atoms. The predicted molar refractivity (Wildman–Crippen MR) is 95.1 cm³/mol. The van der Waals surface area contributed by atoms with Crippen LogP contribution in [0.5, 0.6) is 0 Å². The number of anilines is 1. The number of hydrogen-bond acceptors (Lipinski definition) is 1. The normalized spacial score (nSPS) is 12.6. The molecule has 0 spiro atoms. The largest absolute Gasteiger partial charge is 0.416 e. The number of alkyl halides is 3. The van der Waals surface area contributed by atoms with Crippen molar-refractivity contribution in [3.8, 4) is 0 Å². The molecule has 0 fully saturated rings. The lowest BCUT2D eigenvalue weighted by molar-refractivity contribution is -0.137. The van der Waals surface area contributed by atoms with E-state index in [1.807, 2.05) is 26.8 Å². The standard InChI is InChI=1S/C18H19F3N2S/c1-11-4-5-14(10-12(11)2)13(3)22-17(24)23-16-8-6-15(7-9-16)18(19,20)21/h4-10,13H,1-3H3,(H2,22,23,24)/t13-/m1/s1. The predicted octanol–water partition coefficient (Wildman–Crippen LogP) is 5.37. The van der Waals surface area contributed by atoms with Crippen molar-refractivity contribution in [3.05, 3.63) is 64.7 Å². The molecule has 0 radical (unpaired) electrons. The van der Waals surface area contributed by atoms with Crippen LogP contribution in [0.3, 0.4) is 0 Å². The van der Waals surface area contributed by atoms with Crippen molar-refractivity contribution in [2.24, 2.45) is 0 Å². The van der Waals surface area contributed by atoms with E-state index in [2.05, 4.69) is 22.8 Å². The Hall–Kier alpha value is -2.08. The summed E-state index contributed by atoms with van der Waals surface area (Å²) in [6, 6.07) is 10.9. The van der Waals surface area contributed by atoms with Crippen LogP contribution in [0.4, 0.5) is 18.9 Å². The average Bonchev–Trinajstić information content (AvgIpc) is 2.49. The fourth-order valence-electron chi connectivity index (χ4n) is 2.22. The van der Waals surface area contributed by atoms with Gasteiger partial charge in [0.15, 0.2) is 5.11 Å². The Labute approximate surface area is 145 Å². The van der Waals surface area contributed by atoms with Gasteiger partial charge in [-0.25, -0.2) is 0 Å². The molecule has 0 heterocycles. The lowest BCUT2D eigenvalue weighted by Crippen LogP contribution is -2.30. The fraction of sp³-hybridized carbons (Fsp3) is 0.278. The first-order valence-corrected chi connectivity index (χ1v) is 7.89. The van der Waals surface area contributed by atoms with Gasteiger partial charge in [-0.15, -0.1) is 0 Å². The summed E-state index contributed by atoms with van der Waals surface area (Å²) in [6.07, 6.45) is -4.34. The maximum Gasteiger partial charge on any atom is 0.416 e. The highest BCUT2D eigenvalue weighted by Crippen LogP contribution is 2.29. The second-order valence-electron chi connectivity index (χ2n) is 5.74. The van der Waals surface area contributed by atoms with Crippen LogP contribution in [0.1, 0.15) is 35.2 Å². The van der Waals surface area contributed by atoms with Crippen LogP contribution in [-0.2, 0) is 6.18 Å². The van der Waals surface area contributed by atoms with Crippen LogP contribution in [0.25, 0.3) is 0 Å². The molecule has 0 saturated heterocycles. The van der Waals surface area contributed by atoms with Crippen LogP contribution in [0.15, 0.2) is 42.5 Å². The van der Waals surface area contributed by atoms with Gasteiger partial charge in [-0.3, -0.25) is 0 Å². The van der Waals surface area contributed by atoms with E-state index in [9.17, 15) is 13.2 Å². The summed E-state index contributed by atoms with van der Waals surface area (Å²) >= 11 is 5.23. The molecule has 0 aliphatic carbocycles. The van der Waals surface area contributed by atoms with E-state index in [0.717, 1.165) is 17.7 Å². The molecule has 2 aromatic rings. The summed E-state index contributed by atoms with van der Waals surface area (Å²) < 4.78 is 37.6. The molecule has 0 bridgehead atoms. The van der Waals surface area contributed by atoms with Gasteiger partial charge in [-0.2, -0.15) is 13.2 Å². The monoisotopic (exact) mass is 352 g/mol. The van der Waals surface area contributed by atoms with Crippen molar-refractivity contribution in [3.63, 3.8) is 0 Å². The highest BCUT2D eigenvalue weighted by atomic mass is 32.1. The van der Waals surface area contributed by atoms with Gasteiger partial charge in [-0.1, -0.05) is 18.2 Å². The van der Waals surface area contributed by atoms with Gasteiger partial charge in [0.1, 0.15) is 0 Å². The molecule has 2 nitrogen and oxygen atoms in total. The molecule has 0 saturated carbocycles. The second kappa shape index (κ2) is 7.21. The molecule has 1 atom stereocenters. The first-order valence-electron chi connectivity index (χ1n) is 7.49. The molecule has 6 heteroatoms. The highest BCUT2D eigenvalue weighted by molar-refractivity contribution is 7.80. The van der Waals surface area contributed by atoms with E-state index in [0.29, 0.717) is 10.8 Å². The molecule has 0 amide bonds. The number of aryl methyl sites for hydroxylation is 2. The minimum atomic E-state index is -4.34. The third kappa shape index (κ3) is 4.71. The van der Waals surface area contributed by atoms with Gasteiger partial charge in [0, 0.05) is 5.69 Å². The second-order valence-corrected chi connectivity index (χ2v) is 6.15. The number of hydrogen-bond donors (Lipinski definition) is 2. The Morgan fingerprint density at radius 1 is 1.00 bits per heavy atom. The Morgan fingerprint density at radius 3 is 2.17 bits per heavy atom. The summed E-state index contributed by atoms with van der Waals surface area (Å²) in [5.41, 5.74) is 3.33. The molecule has 128 valence electrons. The fourth-order valence-corrected chi connectivity index (χ4v) is 2.52. The molecule has 0 unspecified atom stereocenters. The molecule has 0 aliphatic rings. The number of benzene rings is 2. The van der Waals surface area contributed by atoms with Crippen molar-refractivity contribution in [1.82, 2.24) is 5.32 Å². The Balaban J connectivity index is 1.98. The van der Waals surface area contributed by atoms with Gasteiger partial charge < -0.3 is 10.6 Å². The van der Waals surface area contributed by atoms with Crippen molar-refractivity contribution < 1.29 is 13.2 Å². The number of rotatable bonds is 3. The van der Waals surface area contributed by atoms with Crippen LogP contribution >= 0.6 is 12.2 Å². The Bertz CT molecular complexity index is 724. The van der Waals surface area contributed by atoms with Crippen molar-refractivity contribution in [1.29, 1.82) is 0 Å². The Morgan fingerprint density at radius 2 is 1.62 bits per heavy atom. The maximum absolute atomic E-state index is 12.5. The first-order chi connectivity index (χ1) is 11.2. The Kier molecular flexibility index (Phi) is 5.49. The summed E-state index contributed by atoms with van der Waals surface area (Å²) in [5, 5.41) is 6.40. The molecular formula is C18H19F3N2S. The van der Waals surface area contributed by atoms with E-state index in [-0.39, 0.29) is 6.04 Å². The van der Waals surface area contributed by atoms with Crippen LogP contribution in [0, 0.1) is 13.8 Å². The van der Waals surface area contributed by atoms with Crippen molar-refractivity contribution in [2.45, 2.75) is 33.0 Å². The third-order valence-corrected chi connectivity index (χ3v) is 4.07. The quantitative estimate of drug-likeness (QED) is 0.726. The van der Waals surface area contributed by atoms with E-state index < -0.39 is 11.7 Å². The lowest BCUT2D eigenvalue weighted by Gasteiger charge is -2.18. The SMILES string of the molecule is Cc1ccc([C@@H](C)NC(=S)Nc2ccc(C(F)(F)F)cc2)cc1C. The zero-order valence-corrected chi connectivity index (χ0v) is 14.5. The number of nitrogens with one attached hydrogen (secondary N) is 2. The minimum absolute atomic E-state index is 0.0150.